The monoisotopic (exact) mass is 266 g/mol. The van der Waals surface area contributed by atoms with Gasteiger partial charge in [0.1, 0.15) is 0 Å². The van der Waals surface area contributed by atoms with Crippen LogP contribution in [0.15, 0.2) is 29.2 Å². The maximum Gasteiger partial charge on any atom is 0.311 e. The van der Waals surface area contributed by atoms with Gasteiger partial charge >= 0.3 is 5.97 Å². The van der Waals surface area contributed by atoms with E-state index in [1.165, 1.54) is 0 Å². The molecule has 0 saturated carbocycles. The van der Waals surface area contributed by atoms with Crippen LogP contribution >= 0.6 is 11.8 Å². The fourth-order valence-electron chi connectivity index (χ4n) is 2.31. The number of carboxylic acid groups (broad SMARTS) is 1. The summed E-state index contributed by atoms with van der Waals surface area (Å²) in [6.07, 6.45) is 4.71. The van der Waals surface area contributed by atoms with E-state index >= 15 is 0 Å². The summed E-state index contributed by atoms with van der Waals surface area (Å²) in [4.78, 5) is 12.5. The lowest BCUT2D eigenvalue weighted by Crippen LogP contribution is -2.18. The Morgan fingerprint density at radius 3 is 2.72 bits per heavy atom. The number of ether oxygens (including phenoxy) is 1. The third kappa shape index (κ3) is 3.27. The number of benzene rings is 1. The summed E-state index contributed by atoms with van der Waals surface area (Å²) in [6, 6.07) is 7.79. The van der Waals surface area contributed by atoms with Crippen molar-refractivity contribution in [3.05, 3.63) is 29.8 Å². The van der Waals surface area contributed by atoms with E-state index < -0.39 is 11.9 Å². The molecule has 2 atom stereocenters. The molecule has 98 valence electrons. The van der Waals surface area contributed by atoms with E-state index in [0.29, 0.717) is 6.42 Å². The van der Waals surface area contributed by atoms with Gasteiger partial charge < -0.3 is 9.84 Å². The molecule has 0 aromatic heterocycles. The van der Waals surface area contributed by atoms with Crippen molar-refractivity contribution in [2.75, 3.05) is 12.9 Å². The van der Waals surface area contributed by atoms with Gasteiger partial charge in [-0.15, -0.1) is 11.8 Å². The number of hydrogen-bond donors (Lipinski definition) is 1. The van der Waals surface area contributed by atoms with Gasteiger partial charge in [0.2, 0.25) is 0 Å². The summed E-state index contributed by atoms with van der Waals surface area (Å²) in [5.41, 5.74) is 0.871. The molecule has 1 N–H and O–H groups in total. The van der Waals surface area contributed by atoms with Gasteiger partial charge in [-0.2, -0.15) is 0 Å². The SMILES string of the molecule is CSc1ccc(C(CC2CCCO2)C(=O)O)cc1. The largest absolute Gasteiger partial charge is 0.481 e. The topological polar surface area (TPSA) is 46.5 Å². The third-order valence-corrected chi connectivity index (χ3v) is 4.08. The minimum atomic E-state index is -0.762. The minimum absolute atomic E-state index is 0.103. The van der Waals surface area contributed by atoms with Gasteiger partial charge in [-0.05, 0) is 43.2 Å². The van der Waals surface area contributed by atoms with E-state index in [1.807, 2.05) is 30.5 Å². The molecule has 2 rings (SSSR count). The van der Waals surface area contributed by atoms with Crippen molar-refractivity contribution in [1.29, 1.82) is 0 Å². The van der Waals surface area contributed by atoms with E-state index in [4.69, 9.17) is 4.74 Å². The van der Waals surface area contributed by atoms with Crippen LogP contribution < -0.4 is 0 Å². The van der Waals surface area contributed by atoms with Crippen molar-refractivity contribution in [2.45, 2.75) is 36.2 Å². The summed E-state index contributed by atoms with van der Waals surface area (Å²) in [5.74, 6) is -1.22. The van der Waals surface area contributed by atoms with E-state index in [0.717, 1.165) is 29.9 Å². The lowest BCUT2D eigenvalue weighted by molar-refractivity contribution is -0.139. The molecule has 0 bridgehead atoms. The molecule has 1 aliphatic heterocycles. The second-order valence-electron chi connectivity index (χ2n) is 4.53. The summed E-state index contributed by atoms with van der Waals surface area (Å²) in [5, 5.41) is 9.35. The second-order valence-corrected chi connectivity index (χ2v) is 5.41. The van der Waals surface area contributed by atoms with Crippen molar-refractivity contribution in [3.63, 3.8) is 0 Å². The zero-order valence-corrected chi connectivity index (χ0v) is 11.3. The minimum Gasteiger partial charge on any atom is -0.481 e. The molecule has 0 spiro atoms. The zero-order valence-electron chi connectivity index (χ0n) is 10.5. The smallest absolute Gasteiger partial charge is 0.311 e. The molecule has 3 nitrogen and oxygen atoms in total. The number of hydrogen-bond acceptors (Lipinski definition) is 3. The first-order valence-corrected chi connectivity index (χ1v) is 7.41. The Hall–Kier alpha value is -1.00. The van der Waals surface area contributed by atoms with E-state index in [2.05, 4.69) is 0 Å². The number of carboxylic acids is 1. The lowest BCUT2D eigenvalue weighted by Gasteiger charge is -2.17. The molecule has 0 aliphatic carbocycles. The number of rotatable bonds is 5. The Morgan fingerprint density at radius 2 is 2.22 bits per heavy atom. The van der Waals surface area contributed by atoms with Gasteiger partial charge in [0.15, 0.2) is 0 Å². The highest BCUT2D eigenvalue weighted by Gasteiger charge is 2.26. The summed E-state index contributed by atoms with van der Waals surface area (Å²) in [6.45, 7) is 0.766. The first kappa shape index (κ1) is 13.4. The van der Waals surface area contributed by atoms with Gasteiger partial charge in [0, 0.05) is 11.5 Å². The molecular formula is C14H18O3S. The Labute approximate surface area is 112 Å². The molecule has 0 radical (unpaired) electrons. The van der Waals surface area contributed by atoms with Crippen molar-refractivity contribution >= 4 is 17.7 Å². The molecule has 1 fully saturated rings. The molecule has 1 aromatic carbocycles. The zero-order chi connectivity index (χ0) is 13.0. The first-order valence-electron chi connectivity index (χ1n) is 6.19. The molecule has 1 aliphatic rings. The maximum absolute atomic E-state index is 11.4. The van der Waals surface area contributed by atoms with Gasteiger partial charge in [-0.1, -0.05) is 12.1 Å². The normalized spacial score (nSPS) is 20.8. The predicted octanol–water partition coefficient (Wildman–Crippen LogP) is 3.15. The van der Waals surface area contributed by atoms with Gasteiger partial charge in [0.05, 0.1) is 12.0 Å². The van der Waals surface area contributed by atoms with Gasteiger partial charge in [-0.3, -0.25) is 4.79 Å². The second kappa shape index (κ2) is 6.25. The highest BCUT2D eigenvalue weighted by atomic mass is 32.2. The van der Waals surface area contributed by atoms with Crippen LogP contribution in [-0.2, 0) is 9.53 Å². The third-order valence-electron chi connectivity index (χ3n) is 3.34. The highest BCUT2D eigenvalue weighted by Crippen LogP contribution is 2.28. The quantitative estimate of drug-likeness (QED) is 0.832. The van der Waals surface area contributed by atoms with Crippen molar-refractivity contribution < 1.29 is 14.6 Å². The van der Waals surface area contributed by atoms with Crippen LogP contribution in [0.25, 0.3) is 0 Å². The number of thioether (sulfide) groups is 1. The Bertz CT molecular complexity index is 396. The summed E-state index contributed by atoms with van der Waals surface area (Å²) in [7, 11) is 0. The van der Waals surface area contributed by atoms with E-state index in [-0.39, 0.29) is 6.10 Å². The van der Waals surface area contributed by atoms with Crippen LogP contribution in [0.3, 0.4) is 0 Å². The summed E-state index contributed by atoms with van der Waals surface area (Å²) < 4.78 is 5.53. The molecule has 2 unspecified atom stereocenters. The summed E-state index contributed by atoms with van der Waals surface area (Å²) >= 11 is 1.66. The van der Waals surface area contributed by atoms with Crippen molar-refractivity contribution in [3.8, 4) is 0 Å². The Balaban J connectivity index is 2.10. The lowest BCUT2D eigenvalue weighted by atomic mass is 9.92. The van der Waals surface area contributed by atoms with Crippen LogP contribution in [0.4, 0.5) is 0 Å². The van der Waals surface area contributed by atoms with Crippen LogP contribution in [0.5, 0.6) is 0 Å². The average Bonchev–Trinajstić information content (AvgIpc) is 2.89. The standard InChI is InChI=1S/C14H18O3S/c1-18-12-6-4-10(5-7-12)13(14(15)16)9-11-3-2-8-17-11/h4-7,11,13H,2-3,8-9H2,1H3,(H,15,16). The van der Waals surface area contributed by atoms with E-state index in [1.54, 1.807) is 11.8 Å². The molecule has 18 heavy (non-hydrogen) atoms. The fourth-order valence-corrected chi connectivity index (χ4v) is 2.72. The fraction of sp³-hybridized carbons (Fsp3) is 0.500. The molecular weight excluding hydrogens is 248 g/mol. The number of aliphatic carboxylic acids is 1. The molecule has 0 amide bonds. The highest BCUT2D eigenvalue weighted by molar-refractivity contribution is 7.98. The van der Waals surface area contributed by atoms with Gasteiger partial charge in [0.25, 0.3) is 0 Å². The van der Waals surface area contributed by atoms with E-state index in [9.17, 15) is 9.90 Å². The van der Waals surface area contributed by atoms with Crippen LogP contribution in [0.2, 0.25) is 0 Å². The van der Waals surface area contributed by atoms with Crippen LogP contribution in [-0.4, -0.2) is 30.0 Å². The van der Waals surface area contributed by atoms with Gasteiger partial charge in [-0.25, -0.2) is 0 Å². The molecule has 1 aromatic rings. The van der Waals surface area contributed by atoms with Crippen LogP contribution in [0, 0.1) is 0 Å². The number of carbonyl (C=O) groups is 1. The van der Waals surface area contributed by atoms with Crippen molar-refractivity contribution in [2.24, 2.45) is 0 Å². The Morgan fingerprint density at radius 1 is 1.50 bits per heavy atom. The predicted molar refractivity (Wildman–Crippen MR) is 72.2 cm³/mol. The molecule has 1 saturated heterocycles. The average molecular weight is 266 g/mol. The van der Waals surface area contributed by atoms with Crippen LogP contribution in [0.1, 0.15) is 30.7 Å². The Kier molecular flexibility index (Phi) is 4.66. The molecule has 4 heteroatoms. The maximum atomic E-state index is 11.4. The molecule has 1 heterocycles. The van der Waals surface area contributed by atoms with Crippen molar-refractivity contribution in [1.82, 2.24) is 0 Å². The first-order chi connectivity index (χ1) is 8.70.